The van der Waals surface area contributed by atoms with E-state index in [9.17, 15) is 0 Å². The van der Waals surface area contributed by atoms with Crippen LogP contribution in [0.25, 0.3) is 0 Å². The molecule has 1 N–H and O–H groups in total. The van der Waals surface area contributed by atoms with Gasteiger partial charge in [-0.15, -0.1) is 0 Å². The summed E-state index contributed by atoms with van der Waals surface area (Å²) in [6, 6.07) is 0. The zero-order valence-electron chi connectivity index (χ0n) is 8.47. The van der Waals surface area contributed by atoms with E-state index in [1.54, 1.807) is 0 Å². The van der Waals surface area contributed by atoms with Gasteiger partial charge in [-0.05, 0) is 51.9 Å². The predicted octanol–water partition coefficient (Wildman–Crippen LogP) is 1.33. The normalized spacial score (nSPS) is 26.0. The Labute approximate surface area is 76.3 Å². The Balaban J connectivity index is 2.06. The van der Waals surface area contributed by atoms with Crippen molar-refractivity contribution < 1.29 is 0 Å². The summed E-state index contributed by atoms with van der Waals surface area (Å²) in [6.07, 6.45) is 4.13. The molecule has 1 fully saturated rings. The Bertz CT molecular complexity index is 114. The third-order valence-corrected chi connectivity index (χ3v) is 2.64. The topological polar surface area (TPSA) is 15.3 Å². The van der Waals surface area contributed by atoms with Gasteiger partial charge < -0.3 is 10.2 Å². The van der Waals surface area contributed by atoms with Gasteiger partial charge in [0.15, 0.2) is 0 Å². The van der Waals surface area contributed by atoms with Gasteiger partial charge >= 0.3 is 0 Å². The second kappa shape index (κ2) is 5.55. The van der Waals surface area contributed by atoms with Crippen molar-refractivity contribution in [3.8, 4) is 0 Å². The Kier molecular flexibility index (Phi) is 4.62. The third kappa shape index (κ3) is 3.55. The molecule has 1 aliphatic heterocycles. The van der Waals surface area contributed by atoms with Gasteiger partial charge in [0.2, 0.25) is 0 Å². The van der Waals surface area contributed by atoms with Gasteiger partial charge in [0.25, 0.3) is 0 Å². The summed E-state index contributed by atoms with van der Waals surface area (Å²) in [4.78, 5) is 2.60. The first-order valence-electron chi connectivity index (χ1n) is 5.20. The van der Waals surface area contributed by atoms with Gasteiger partial charge in [-0.3, -0.25) is 0 Å². The molecule has 0 spiro atoms. The van der Waals surface area contributed by atoms with E-state index in [-0.39, 0.29) is 0 Å². The minimum Gasteiger partial charge on any atom is -0.320 e. The number of hydrogen-bond acceptors (Lipinski definition) is 2. The summed E-state index contributed by atoms with van der Waals surface area (Å²) in [5.41, 5.74) is 0. The summed E-state index contributed by atoms with van der Waals surface area (Å²) in [7, 11) is 2.03. The van der Waals surface area contributed by atoms with E-state index < -0.39 is 0 Å². The highest BCUT2D eigenvalue weighted by Crippen LogP contribution is 2.14. The lowest BCUT2D eigenvalue weighted by atomic mass is 10.0. The van der Waals surface area contributed by atoms with Crippen LogP contribution in [0.15, 0.2) is 0 Å². The van der Waals surface area contributed by atoms with Gasteiger partial charge in [0.1, 0.15) is 0 Å². The van der Waals surface area contributed by atoms with Crippen molar-refractivity contribution in [1.82, 2.24) is 10.2 Å². The number of rotatable bonds is 4. The second-order valence-electron chi connectivity index (χ2n) is 4.01. The molecule has 0 radical (unpaired) electrons. The first kappa shape index (κ1) is 10.0. The molecule has 2 nitrogen and oxygen atoms in total. The largest absolute Gasteiger partial charge is 0.320 e. The Morgan fingerprint density at radius 2 is 2.33 bits per heavy atom. The molecular weight excluding hydrogens is 148 g/mol. The van der Waals surface area contributed by atoms with Crippen LogP contribution in [0.3, 0.4) is 0 Å². The molecule has 0 saturated carbocycles. The van der Waals surface area contributed by atoms with Gasteiger partial charge in [-0.2, -0.15) is 0 Å². The summed E-state index contributed by atoms with van der Waals surface area (Å²) in [5, 5.41) is 3.19. The van der Waals surface area contributed by atoms with Crippen LogP contribution in [0.4, 0.5) is 0 Å². The van der Waals surface area contributed by atoms with Gasteiger partial charge in [0.05, 0.1) is 0 Å². The van der Waals surface area contributed by atoms with Crippen LogP contribution in [0.5, 0.6) is 0 Å². The zero-order valence-corrected chi connectivity index (χ0v) is 8.47. The molecule has 1 atom stereocenters. The molecular formula is C10H22N2. The molecule has 1 heterocycles. The maximum Gasteiger partial charge on any atom is 0.000703 e. The Hall–Kier alpha value is -0.0800. The number of nitrogens with zero attached hydrogens (tertiary/aromatic N) is 1. The van der Waals surface area contributed by atoms with E-state index in [1.807, 2.05) is 7.05 Å². The van der Waals surface area contributed by atoms with E-state index in [4.69, 9.17) is 0 Å². The van der Waals surface area contributed by atoms with Crippen molar-refractivity contribution in [3.63, 3.8) is 0 Å². The maximum absolute atomic E-state index is 3.19. The predicted molar refractivity (Wildman–Crippen MR) is 53.4 cm³/mol. The van der Waals surface area contributed by atoms with Gasteiger partial charge in [-0.25, -0.2) is 0 Å². The number of hydrogen-bond donors (Lipinski definition) is 1. The fourth-order valence-corrected chi connectivity index (χ4v) is 1.97. The fourth-order valence-electron chi connectivity index (χ4n) is 1.97. The van der Waals surface area contributed by atoms with Gasteiger partial charge in [0, 0.05) is 6.54 Å². The molecule has 0 aliphatic carbocycles. The van der Waals surface area contributed by atoms with Crippen LogP contribution in [-0.4, -0.2) is 38.1 Å². The smallest absolute Gasteiger partial charge is 0.000703 e. The van der Waals surface area contributed by atoms with Crippen molar-refractivity contribution in [2.75, 3.05) is 33.2 Å². The molecule has 0 aromatic carbocycles. The molecule has 0 bridgehead atoms. The summed E-state index contributed by atoms with van der Waals surface area (Å²) in [6.45, 7) is 7.46. The molecule has 72 valence electrons. The lowest BCUT2D eigenvalue weighted by Crippen LogP contribution is -2.35. The van der Waals surface area contributed by atoms with Crippen LogP contribution >= 0.6 is 0 Å². The molecule has 0 amide bonds. The molecule has 12 heavy (non-hydrogen) atoms. The van der Waals surface area contributed by atoms with Crippen molar-refractivity contribution in [2.24, 2.45) is 5.92 Å². The monoisotopic (exact) mass is 170 g/mol. The fraction of sp³-hybridized carbons (Fsp3) is 1.00. The van der Waals surface area contributed by atoms with Crippen molar-refractivity contribution in [3.05, 3.63) is 0 Å². The van der Waals surface area contributed by atoms with E-state index >= 15 is 0 Å². The van der Waals surface area contributed by atoms with Crippen molar-refractivity contribution >= 4 is 0 Å². The maximum atomic E-state index is 3.19. The molecule has 2 heteroatoms. The highest BCUT2D eigenvalue weighted by molar-refractivity contribution is 4.69. The Morgan fingerprint density at radius 1 is 1.50 bits per heavy atom. The Morgan fingerprint density at radius 3 is 3.00 bits per heavy atom. The van der Waals surface area contributed by atoms with Gasteiger partial charge in [-0.1, -0.05) is 6.92 Å². The average Bonchev–Trinajstić information content (AvgIpc) is 2.05. The lowest BCUT2D eigenvalue weighted by molar-refractivity contribution is 0.182. The van der Waals surface area contributed by atoms with E-state index in [1.165, 1.54) is 38.9 Å². The number of likely N-dealkylation sites (tertiary alicyclic amines) is 1. The van der Waals surface area contributed by atoms with Crippen LogP contribution in [0.1, 0.15) is 26.2 Å². The number of nitrogens with one attached hydrogen (secondary N) is 1. The molecule has 0 unspecified atom stereocenters. The summed E-state index contributed by atoms with van der Waals surface area (Å²) in [5.74, 6) is 0.924. The molecule has 1 rings (SSSR count). The van der Waals surface area contributed by atoms with Crippen LogP contribution in [-0.2, 0) is 0 Å². The van der Waals surface area contributed by atoms with Crippen molar-refractivity contribution in [2.45, 2.75) is 26.2 Å². The summed E-state index contributed by atoms with van der Waals surface area (Å²) >= 11 is 0. The first-order valence-corrected chi connectivity index (χ1v) is 5.20. The first-order chi connectivity index (χ1) is 5.83. The van der Waals surface area contributed by atoms with Crippen LogP contribution in [0.2, 0.25) is 0 Å². The highest BCUT2D eigenvalue weighted by Gasteiger charge is 2.14. The molecule has 0 aromatic rings. The highest BCUT2D eigenvalue weighted by atomic mass is 15.1. The third-order valence-electron chi connectivity index (χ3n) is 2.64. The summed E-state index contributed by atoms with van der Waals surface area (Å²) < 4.78 is 0. The zero-order chi connectivity index (χ0) is 8.81. The van der Waals surface area contributed by atoms with Crippen LogP contribution < -0.4 is 5.32 Å². The average molecular weight is 170 g/mol. The number of piperidine rings is 1. The standard InChI is InChI=1S/C10H22N2/c1-10-5-3-7-12(9-10)8-4-6-11-2/h10-11H,3-9H2,1-2H3/t10-/m1/s1. The van der Waals surface area contributed by atoms with E-state index in [2.05, 4.69) is 17.1 Å². The van der Waals surface area contributed by atoms with E-state index in [0.29, 0.717) is 0 Å². The SMILES string of the molecule is CNCCCN1CCC[C@@H](C)C1. The minimum atomic E-state index is 0.924. The van der Waals surface area contributed by atoms with Crippen molar-refractivity contribution in [1.29, 1.82) is 0 Å². The minimum absolute atomic E-state index is 0.924. The van der Waals surface area contributed by atoms with Crippen LogP contribution in [0, 0.1) is 5.92 Å². The van der Waals surface area contributed by atoms with E-state index in [0.717, 1.165) is 12.5 Å². The molecule has 1 saturated heterocycles. The molecule has 1 aliphatic rings. The second-order valence-corrected chi connectivity index (χ2v) is 4.01. The lowest BCUT2D eigenvalue weighted by Gasteiger charge is -2.30. The quantitative estimate of drug-likeness (QED) is 0.640. The molecule has 0 aromatic heterocycles.